The van der Waals surface area contributed by atoms with Gasteiger partial charge in [0.1, 0.15) is 0 Å². The largest absolute Gasteiger partial charge is 0.466 e. The third-order valence-electron chi connectivity index (χ3n) is 3.50. The minimum absolute atomic E-state index is 0.0568. The summed E-state index contributed by atoms with van der Waals surface area (Å²) in [5, 5.41) is 3.63. The SMILES string of the molecule is CCOC(=O)CCCNC(C1CC1)C1CC1. The standard InChI is InChI=1S/C13H23NO2/c1-2-16-12(15)4-3-9-14-13(10-5-6-10)11-7-8-11/h10-11,13-14H,2-9H2,1H3. The number of hydrogen-bond donors (Lipinski definition) is 1. The van der Waals surface area contributed by atoms with E-state index in [0.29, 0.717) is 13.0 Å². The van der Waals surface area contributed by atoms with Crippen LogP contribution in [-0.4, -0.2) is 25.2 Å². The topological polar surface area (TPSA) is 38.3 Å². The smallest absolute Gasteiger partial charge is 0.305 e. The maximum absolute atomic E-state index is 11.1. The van der Waals surface area contributed by atoms with Gasteiger partial charge >= 0.3 is 5.97 Å². The van der Waals surface area contributed by atoms with Crippen LogP contribution in [0.25, 0.3) is 0 Å². The summed E-state index contributed by atoms with van der Waals surface area (Å²) in [6.07, 6.45) is 7.10. The van der Waals surface area contributed by atoms with Crippen molar-refractivity contribution in [1.82, 2.24) is 5.32 Å². The third kappa shape index (κ3) is 3.78. The molecule has 2 aliphatic carbocycles. The van der Waals surface area contributed by atoms with Crippen molar-refractivity contribution in [3.05, 3.63) is 0 Å². The lowest BCUT2D eigenvalue weighted by Gasteiger charge is -2.17. The van der Waals surface area contributed by atoms with Gasteiger partial charge in [0.25, 0.3) is 0 Å². The number of carbonyl (C=O) groups excluding carboxylic acids is 1. The van der Waals surface area contributed by atoms with Crippen molar-refractivity contribution < 1.29 is 9.53 Å². The van der Waals surface area contributed by atoms with Crippen LogP contribution >= 0.6 is 0 Å². The summed E-state index contributed by atoms with van der Waals surface area (Å²) >= 11 is 0. The zero-order valence-electron chi connectivity index (χ0n) is 10.2. The van der Waals surface area contributed by atoms with Crippen LogP contribution in [0.5, 0.6) is 0 Å². The van der Waals surface area contributed by atoms with E-state index in [1.807, 2.05) is 6.92 Å². The molecule has 0 heterocycles. The number of nitrogens with one attached hydrogen (secondary N) is 1. The van der Waals surface area contributed by atoms with E-state index in [4.69, 9.17) is 4.74 Å². The van der Waals surface area contributed by atoms with Crippen LogP contribution in [0.1, 0.15) is 45.4 Å². The first-order valence-corrected chi connectivity index (χ1v) is 6.70. The molecule has 2 rings (SSSR count). The Morgan fingerprint density at radius 2 is 1.94 bits per heavy atom. The van der Waals surface area contributed by atoms with Crippen LogP contribution < -0.4 is 5.32 Å². The van der Waals surface area contributed by atoms with Crippen molar-refractivity contribution in [2.75, 3.05) is 13.2 Å². The monoisotopic (exact) mass is 225 g/mol. The first kappa shape index (κ1) is 11.9. The van der Waals surface area contributed by atoms with Gasteiger partial charge in [0, 0.05) is 12.5 Å². The molecule has 0 saturated heterocycles. The molecule has 0 unspecified atom stereocenters. The van der Waals surface area contributed by atoms with Gasteiger partial charge in [-0.3, -0.25) is 4.79 Å². The molecule has 2 aliphatic rings. The van der Waals surface area contributed by atoms with Gasteiger partial charge in [-0.25, -0.2) is 0 Å². The average molecular weight is 225 g/mol. The summed E-state index contributed by atoms with van der Waals surface area (Å²) in [6, 6.07) is 0.752. The number of hydrogen-bond acceptors (Lipinski definition) is 3. The lowest BCUT2D eigenvalue weighted by atomic mass is 10.1. The fourth-order valence-electron chi connectivity index (χ4n) is 2.36. The van der Waals surface area contributed by atoms with Gasteiger partial charge < -0.3 is 10.1 Å². The first-order chi connectivity index (χ1) is 7.81. The predicted molar refractivity (Wildman–Crippen MR) is 63.1 cm³/mol. The Kier molecular flexibility index (Phi) is 4.22. The van der Waals surface area contributed by atoms with E-state index < -0.39 is 0 Å². The van der Waals surface area contributed by atoms with E-state index in [-0.39, 0.29) is 5.97 Å². The summed E-state index contributed by atoms with van der Waals surface area (Å²) in [6.45, 7) is 3.32. The van der Waals surface area contributed by atoms with Crippen molar-refractivity contribution in [2.24, 2.45) is 11.8 Å². The molecule has 2 saturated carbocycles. The molecule has 0 bridgehead atoms. The summed E-state index contributed by atoms with van der Waals surface area (Å²) in [7, 11) is 0. The van der Waals surface area contributed by atoms with Gasteiger partial charge in [0.05, 0.1) is 6.61 Å². The first-order valence-electron chi connectivity index (χ1n) is 6.70. The van der Waals surface area contributed by atoms with Gasteiger partial charge in [-0.05, 0) is 57.4 Å². The molecular formula is C13H23NO2. The Morgan fingerprint density at radius 3 is 2.44 bits per heavy atom. The number of ether oxygens (including phenoxy) is 1. The highest BCUT2D eigenvalue weighted by Gasteiger charge is 2.40. The maximum Gasteiger partial charge on any atom is 0.305 e. The van der Waals surface area contributed by atoms with Crippen LogP contribution in [0.4, 0.5) is 0 Å². The zero-order valence-corrected chi connectivity index (χ0v) is 10.2. The lowest BCUT2D eigenvalue weighted by molar-refractivity contribution is -0.143. The highest BCUT2D eigenvalue weighted by atomic mass is 16.5. The summed E-state index contributed by atoms with van der Waals surface area (Å²) in [5.41, 5.74) is 0. The normalized spacial score (nSPS) is 20.1. The van der Waals surface area contributed by atoms with Gasteiger partial charge in [-0.2, -0.15) is 0 Å². The zero-order chi connectivity index (χ0) is 11.4. The Hall–Kier alpha value is -0.570. The molecule has 0 radical (unpaired) electrons. The molecule has 16 heavy (non-hydrogen) atoms. The molecule has 2 fully saturated rings. The summed E-state index contributed by atoms with van der Waals surface area (Å²) < 4.78 is 4.90. The van der Waals surface area contributed by atoms with E-state index in [0.717, 1.165) is 30.8 Å². The van der Waals surface area contributed by atoms with Gasteiger partial charge in [-0.15, -0.1) is 0 Å². The number of carbonyl (C=O) groups is 1. The fourth-order valence-corrected chi connectivity index (χ4v) is 2.36. The van der Waals surface area contributed by atoms with Crippen molar-refractivity contribution in [1.29, 1.82) is 0 Å². The molecule has 0 aromatic rings. The molecule has 3 heteroatoms. The van der Waals surface area contributed by atoms with Crippen molar-refractivity contribution in [3.8, 4) is 0 Å². The van der Waals surface area contributed by atoms with E-state index >= 15 is 0 Å². The predicted octanol–water partition coefficient (Wildman–Crippen LogP) is 2.11. The van der Waals surface area contributed by atoms with Crippen molar-refractivity contribution in [2.45, 2.75) is 51.5 Å². The van der Waals surface area contributed by atoms with E-state index in [1.165, 1.54) is 25.7 Å². The van der Waals surface area contributed by atoms with Crippen LogP contribution in [0.15, 0.2) is 0 Å². The molecule has 0 amide bonds. The van der Waals surface area contributed by atoms with E-state index in [1.54, 1.807) is 0 Å². The van der Waals surface area contributed by atoms with Crippen LogP contribution in [-0.2, 0) is 9.53 Å². The maximum atomic E-state index is 11.1. The minimum atomic E-state index is -0.0568. The average Bonchev–Trinajstić information content (AvgIpc) is 3.12. The number of rotatable bonds is 8. The van der Waals surface area contributed by atoms with Crippen LogP contribution in [0, 0.1) is 11.8 Å². The van der Waals surface area contributed by atoms with E-state index in [2.05, 4.69) is 5.32 Å². The molecule has 3 nitrogen and oxygen atoms in total. The Bertz CT molecular complexity index is 222. The Morgan fingerprint density at radius 1 is 1.31 bits per heavy atom. The molecule has 0 atom stereocenters. The third-order valence-corrected chi connectivity index (χ3v) is 3.50. The molecule has 1 N–H and O–H groups in total. The van der Waals surface area contributed by atoms with Crippen LogP contribution in [0.3, 0.4) is 0 Å². The molecule has 0 aromatic heterocycles. The second-order valence-corrected chi connectivity index (χ2v) is 5.06. The highest BCUT2D eigenvalue weighted by molar-refractivity contribution is 5.69. The molecular weight excluding hydrogens is 202 g/mol. The Labute approximate surface area is 97.9 Å². The van der Waals surface area contributed by atoms with E-state index in [9.17, 15) is 4.79 Å². The fraction of sp³-hybridized carbons (Fsp3) is 0.923. The van der Waals surface area contributed by atoms with Crippen molar-refractivity contribution >= 4 is 5.97 Å². The van der Waals surface area contributed by atoms with Crippen LogP contribution in [0.2, 0.25) is 0 Å². The summed E-state index contributed by atoms with van der Waals surface area (Å²) in [4.78, 5) is 11.1. The number of esters is 1. The molecule has 92 valence electrons. The second-order valence-electron chi connectivity index (χ2n) is 5.06. The molecule has 0 spiro atoms. The van der Waals surface area contributed by atoms with Gasteiger partial charge in [0.15, 0.2) is 0 Å². The van der Waals surface area contributed by atoms with Gasteiger partial charge in [-0.1, -0.05) is 0 Å². The van der Waals surface area contributed by atoms with Gasteiger partial charge in [0.2, 0.25) is 0 Å². The molecule has 0 aliphatic heterocycles. The highest BCUT2D eigenvalue weighted by Crippen LogP contribution is 2.44. The molecule has 0 aromatic carbocycles. The summed E-state index contributed by atoms with van der Waals surface area (Å²) in [5.74, 6) is 1.82. The second kappa shape index (κ2) is 5.67. The van der Waals surface area contributed by atoms with Crippen molar-refractivity contribution in [3.63, 3.8) is 0 Å². The Balaban J connectivity index is 1.54. The lowest BCUT2D eigenvalue weighted by Crippen LogP contribution is -2.34. The quantitative estimate of drug-likeness (QED) is 0.508. The minimum Gasteiger partial charge on any atom is -0.466 e.